The van der Waals surface area contributed by atoms with Crippen LogP contribution in [0.5, 0.6) is 5.88 Å². The molecule has 0 radical (unpaired) electrons. The maximum atomic E-state index is 5.73. The van der Waals surface area contributed by atoms with E-state index in [4.69, 9.17) is 4.74 Å². The van der Waals surface area contributed by atoms with Crippen LogP contribution in [0.2, 0.25) is 0 Å². The molecule has 0 aromatic carbocycles. The number of hydrogen-bond donors (Lipinski definition) is 1. The zero-order valence-electron chi connectivity index (χ0n) is 8.91. The van der Waals surface area contributed by atoms with Crippen molar-refractivity contribution in [1.82, 2.24) is 15.1 Å². The van der Waals surface area contributed by atoms with Crippen LogP contribution in [0, 0.1) is 0 Å². The van der Waals surface area contributed by atoms with Crippen molar-refractivity contribution in [2.24, 2.45) is 0 Å². The van der Waals surface area contributed by atoms with Gasteiger partial charge in [0.1, 0.15) is 0 Å². The summed E-state index contributed by atoms with van der Waals surface area (Å²) in [5.41, 5.74) is 1.33. The molecule has 1 N–H and O–H groups in total. The van der Waals surface area contributed by atoms with Gasteiger partial charge in [-0.25, -0.2) is 4.68 Å². The smallest absolute Gasteiger partial charge is 0.215 e. The van der Waals surface area contributed by atoms with Crippen molar-refractivity contribution in [1.29, 1.82) is 0 Å². The van der Waals surface area contributed by atoms with E-state index in [-0.39, 0.29) is 0 Å². The molecule has 3 rings (SSSR count). The van der Waals surface area contributed by atoms with Gasteiger partial charge in [0.05, 0.1) is 12.8 Å². The van der Waals surface area contributed by atoms with Gasteiger partial charge in [0, 0.05) is 18.5 Å². The number of nitrogens with zero attached hydrogens (tertiary/aromatic N) is 2. The van der Waals surface area contributed by atoms with Gasteiger partial charge in [0.2, 0.25) is 5.88 Å². The second kappa shape index (κ2) is 3.85. The van der Waals surface area contributed by atoms with Crippen molar-refractivity contribution in [3.05, 3.63) is 11.8 Å². The molecule has 0 aliphatic carbocycles. The fourth-order valence-corrected chi connectivity index (χ4v) is 2.50. The van der Waals surface area contributed by atoms with Crippen LogP contribution < -0.4 is 10.1 Å². The Morgan fingerprint density at radius 2 is 2.27 bits per heavy atom. The van der Waals surface area contributed by atoms with E-state index in [0.29, 0.717) is 5.92 Å². The number of fused-ring (bicyclic) bond motifs is 1. The van der Waals surface area contributed by atoms with Crippen molar-refractivity contribution in [3.63, 3.8) is 0 Å². The molecule has 2 aliphatic heterocycles. The Labute approximate surface area is 89.6 Å². The summed E-state index contributed by atoms with van der Waals surface area (Å²) in [5, 5.41) is 7.79. The first-order valence-corrected chi connectivity index (χ1v) is 5.84. The third-order valence-corrected chi connectivity index (χ3v) is 3.35. The SMILES string of the molecule is c1nn2c(c1C1CCNCC1)OCCC2. The predicted octanol–water partition coefficient (Wildman–Crippen LogP) is 1.13. The number of nitrogens with one attached hydrogen (secondary N) is 1. The molecule has 1 fully saturated rings. The van der Waals surface area contributed by atoms with E-state index in [2.05, 4.69) is 10.4 Å². The number of piperidine rings is 1. The molecule has 3 heterocycles. The Kier molecular flexibility index (Phi) is 2.37. The van der Waals surface area contributed by atoms with E-state index in [0.717, 1.165) is 38.5 Å². The molecule has 15 heavy (non-hydrogen) atoms. The number of hydrogen-bond acceptors (Lipinski definition) is 3. The normalized spacial score (nSPS) is 22.1. The Balaban J connectivity index is 1.87. The summed E-state index contributed by atoms with van der Waals surface area (Å²) in [6, 6.07) is 0. The maximum Gasteiger partial charge on any atom is 0.215 e. The van der Waals surface area contributed by atoms with Gasteiger partial charge >= 0.3 is 0 Å². The summed E-state index contributed by atoms with van der Waals surface area (Å²) in [6.07, 6.45) is 5.51. The minimum atomic E-state index is 0.646. The Morgan fingerprint density at radius 3 is 3.13 bits per heavy atom. The number of rotatable bonds is 1. The standard InChI is InChI=1S/C11H17N3O/c1-6-14-11(15-7-1)10(8-13-14)9-2-4-12-5-3-9/h8-9,12H,1-7H2. The lowest BCUT2D eigenvalue weighted by molar-refractivity contribution is 0.226. The van der Waals surface area contributed by atoms with Crippen LogP contribution in [0.25, 0.3) is 0 Å². The van der Waals surface area contributed by atoms with E-state index in [1.165, 1.54) is 18.4 Å². The van der Waals surface area contributed by atoms with Gasteiger partial charge in [-0.1, -0.05) is 0 Å². The monoisotopic (exact) mass is 207 g/mol. The van der Waals surface area contributed by atoms with Gasteiger partial charge in [-0.05, 0) is 31.8 Å². The van der Waals surface area contributed by atoms with Gasteiger partial charge in [0.15, 0.2) is 0 Å². The van der Waals surface area contributed by atoms with Crippen molar-refractivity contribution < 1.29 is 4.74 Å². The van der Waals surface area contributed by atoms with Crippen molar-refractivity contribution in [2.75, 3.05) is 19.7 Å². The summed E-state index contributed by atoms with van der Waals surface area (Å²) < 4.78 is 7.74. The van der Waals surface area contributed by atoms with Crippen LogP contribution >= 0.6 is 0 Å². The number of ether oxygens (including phenoxy) is 1. The molecule has 0 saturated carbocycles. The van der Waals surface area contributed by atoms with E-state index in [1.807, 2.05) is 10.9 Å². The van der Waals surface area contributed by atoms with Gasteiger partial charge < -0.3 is 10.1 Å². The highest BCUT2D eigenvalue weighted by atomic mass is 16.5. The minimum Gasteiger partial charge on any atom is -0.478 e. The van der Waals surface area contributed by atoms with Crippen molar-refractivity contribution in [3.8, 4) is 5.88 Å². The molecule has 1 aromatic rings. The fourth-order valence-electron chi connectivity index (χ4n) is 2.50. The molecule has 2 aliphatic rings. The van der Waals surface area contributed by atoms with Gasteiger partial charge in [-0.3, -0.25) is 0 Å². The molecule has 0 bridgehead atoms. The molecule has 0 atom stereocenters. The number of aromatic nitrogens is 2. The summed E-state index contributed by atoms with van der Waals surface area (Å²) in [6.45, 7) is 4.11. The molecule has 1 saturated heterocycles. The summed E-state index contributed by atoms with van der Waals surface area (Å²) in [7, 11) is 0. The Hall–Kier alpha value is -1.03. The first-order chi connectivity index (χ1) is 7.45. The average molecular weight is 207 g/mol. The third-order valence-electron chi connectivity index (χ3n) is 3.35. The highest BCUT2D eigenvalue weighted by molar-refractivity contribution is 5.29. The van der Waals surface area contributed by atoms with Crippen LogP contribution in [0.3, 0.4) is 0 Å². The highest BCUT2D eigenvalue weighted by Crippen LogP contribution is 2.33. The van der Waals surface area contributed by atoms with Crippen molar-refractivity contribution >= 4 is 0 Å². The molecule has 1 aromatic heterocycles. The number of aryl methyl sites for hydroxylation is 1. The molecular formula is C11H17N3O. The van der Waals surface area contributed by atoms with E-state index >= 15 is 0 Å². The average Bonchev–Trinajstić information content (AvgIpc) is 2.74. The molecule has 4 heteroatoms. The van der Waals surface area contributed by atoms with Crippen LogP contribution in [-0.4, -0.2) is 29.5 Å². The maximum absolute atomic E-state index is 5.73. The van der Waals surface area contributed by atoms with Crippen LogP contribution in [0.1, 0.15) is 30.7 Å². The second-order valence-corrected chi connectivity index (χ2v) is 4.35. The van der Waals surface area contributed by atoms with E-state index in [1.54, 1.807) is 0 Å². The molecule has 0 spiro atoms. The lowest BCUT2D eigenvalue weighted by Gasteiger charge is -2.24. The van der Waals surface area contributed by atoms with E-state index < -0.39 is 0 Å². The fraction of sp³-hybridized carbons (Fsp3) is 0.727. The first kappa shape index (κ1) is 9.21. The van der Waals surface area contributed by atoms with Crippen LogP contribution in [-0.2, 0) is 6.54 Å². The highest BCUT2D eigenvalue weighted by Gasteiger charge is 2.24. The van der Waals surface area contributed by atoms with Gasteiger partial charge in [-0.2, -0.15) is 5.10 Å². The van der Waals surface area contributed by atoms with Gasteiger partial charge in [-0.15, -0.1) is 0 Å². The summed E-state index contributed by atoms with van der Waals surface area (Å²) in [5.74, 6) is 1.68. The lowest BCUT2D eigenvalue weighted by Crippen LogP contribution is -2.27. The molecular weight excluding hydrogens is 190 g/mol. The third kappa shape index (κ3) is 1.63. The second-order valence-electron chi connectivity index (χ2n) is 4.35. The zero-order valence-corrected chi connectivity index (χ0v) is 8.91. The molecule has 0 unspecified atom stereocenters. The zero-order chi connectivity index (χ0) is 10.1. The quantitative estimate of drug-likeness (QED) is 0.750. The topological polar surface area (TPSA) is 39.1 Å². The molecule has 82 valence electrons. The van der Waals surface area contributed by atoms with E-state index in [9.17, 15) is 0 Å². The van der Waals surface area contributed by atoms with Crippen LogP contribution in [0.15, 0.2) is 6.20 Å². The van der Waals surface area contributed by atoms with Gasteiger partial charge in [0.25, 0.3) is 0 Å². The summed E-state index contributed by atoms with van der Waals surface area (Å²) >= 11 is 0. The van der Waals surface area contributed by atoms with Crippen molar-refractivity contribution in [2.45, 2.75) is 31.7 Å². The Morgan fingerprint density at radius 1 is 1.40 bits per heavy atom. The lowest BCUT2D eigenvalue weighted by atomic mass is 9.92. The molecule has 0 amide bonds. The predicted molar refractivity (Wildman–Crippen MR) is 57.2 cm³/mol. The van der Waals surface area contributed by atoms with Crippen LogP contribution in [0.4, 0.5) is 0 Å². The first-order valence-electron chi connectivity index (χ1n) is 5.84. The summed E-state index contributed by atoms with van der Waals surface area (Å²) in [4.78, 5) is 0. The Bertz CT molecular complexity index is 342. The molecule has 4 nitrogen and oxygen atoms in total. The largest absolute Gasteiger partial charge is 0.478 e. The minimum absolute atomic E-state index is 0.646.